The van der Waals surface area contributed by atoms with Gasteiger partial charge in [0.1, 0.15) is 0 Å². The van der Waals surface area contributed by atoms with Gasteiger partial charge in [0, 0.05) is 24.6 Å². The lowest BCUT2D eigenvalue weighted by molar-refractivity contribution is -0.117. The average molecular weight is 272 g/mol. The molecule has 5 heteroatoms. The zero-order valence-corrected chi connectivity index (χ0v) is 11.6. The summed E-state index contributed by atoms with van der Waals surface area (Å²) in [5.41, 5.74) is 7.68. The molecule has 0 unspecified atom stereocenters. The van der Waals surface area contributed by atoms with E-state index >= 15 is 0 Å². The van der Waals surface area contributed by atoms with Crippen LogP contribution in [0.25, 0.3) is 0 Å². The molecule has 0 aliphatic carbocycles. The number of carbonyl (C=O) groups is 1. The summed E-state index contributed by atoms with van der Waals surface area (Å²) in [5, 5.41) is 2.86. The lowest BCUT2D eigenvalue weighted by atomic mass is 10.1. The van der Waals surface area contributed by atoms with Gasteiger partial charge in [0.25, 0.3) is 0 Å². The smallest absolute Gasteiger partial charge is 0.241 e. The van der Waals surface area contributed by atoms with Crippen molar-refractivity contribution in [1.82, 2.24) is 9.55 Å². The number of imidazole rings is 1. The highest BCUT2D eigenvalue weighted by Crippen LogP contribution is 2.12. The van der Waals surface area contributed by atoms with Crippen LogP contribution >= 0.6 is 0 Å². The Kier molecular flexibility index (Phi) is 4.90. The van der Waals surface area contributed by atoms with Crippen molar-refractivity contribution in [3.63, 3.8) is 0 Å². The van der Waals surface area contributed by atoms with Crippen molar-refractivity contribution in [2.75, 3.05) is 5.32 Å². The first-order chi connectivity index (χ1) is 9.69. The summed E-state index contributed by atoms with van der Waals surface area (Å²) in [5.74, 6) is -0.133. The third kappa shape index (κ3) is 3.93. The Labute approximate surface area is 118 Å². The molecule has 0 saturated carbocycles. The van der Waals surface area contributed by atoms with E-state index < -0.39 is 6.04 Å². The molecule has 1 atom stereocenters. The van der Waals surface area contributed by atoms with Crippen LogP contribution < -0.4 is 11.1 Å². The number of nitrogens with two attached hydrogens (primary N) is 1. The summed E-state index contributed by atoms with van der Waals surface area (Å²) in [6.45, 7) is 2.74. The van der Waals surface area contributed by atoms with Gasteiger partial charge in [-0.25, -0.2) is 4.98 Å². The first-order valence-electron chi connectivity index (χ1n) is 6.80. The van der Waals surface area contributed by atoms with Crippen molar-refractivity contribution in [2.24, 2.45) is 5.73 Å². The molecule has 0 bridgehead atoms. The molecule has 106 valence electrons. The van der Waals surface area contributed by atoms with Gasteiger partial charge in [0.2, 0.25) is 5.91 Å². The third-order valence-corrected chi connectivity index (χ3v) is 3.06. The largest absolute Gasteiger partial charge is 0.333 e. The van der Waals surface area contributed by atoms with E-state index in [0.29, 0.717) is 6.42 Å². The standard InChI is InChI=1S/C15H20N4O/c1-2-4-14(16)15(20)18-13-6-3-5-12(9-13)10-19-8-7-17-11-19/h3,5-9,11,14H,2,4,10,16H2,1H3,(H,18,20)/t14-/m0/s1. The van der Waals surface area contributed by atoms with Gasteiger partial charge < -0.3 is 15.6 Å². The van der Waals surface area contributed by atoms with Crippen molar-refractivity contribution in [2.45, 2.75) is 32.4 Å². The molecule has 0 fully saturated rings. The number of nitrogens with one attached hydrogen (secondary N) is 1. The van der Waals surface area contributed by atoms with E-state index in [-0.39, 0.29) is 5.91 Å². The van der Waals surface area contributed by atoms with E-state index in [2.05, 4.69) is 10.3 Å². The van der Waals surface area contributed by atoms with Crippen LogP contribution in [0.2, 0.25) is 0 Å². The molecule has 0 radical (unpaired) electrons. The number of nitrogens with zero attached hydrogens (tertiary/aromatic N) is 2. The molecule has 1 amide bonds. The zero-order valence-electron chi connectivity index (χ0n) is 11.6. The minimum Gasteiger partial charge on any atom is -0.333 e. The first-order valence-corrected chi connectivity index (χ1v) is 6.80. The normalized spacial score (nSPS) is 12.1. The van der Waals surface area contributed by atoms with Crippen molar-refractivity contribution in [3.05, 3.63) is 48.5 Å². The summed E-state index contributed by atoms with van der Waals surface area (Å²) in [6.07, 6.45) is 7.01. The van der Waals surface area contributed by atoms with E-state index in [1.807, 2.05) is 42.0 Å². The molecule has 5 nitrogen and oxygen atoms in total. The van der Waals surface area contributed by atoms with Crippen LogP contribution in [-0.4, -0.2) is 21.5 Å². The second-order valence-electron chi connectivity index (χ2n) is 4.82. The van der Waals surface area contributed by atoms with Crippen LogP contribution in [0.1, 0.15) is 25.3 Å². The number of hydrogen-bond acceptors (Lipinski definition) is 3. The molecular weight excluding hydrogens is 252 g/mol. The van der Waals surface area contributed by atoms with Gasteiger partial charge in [-0.2, -0.15) is 0 Å². The van der Waals surface area contributed by atoms with Gasteiger partial charge in [0.05, 0.1) is 12.4 Å². The first kappa shape index (κ1) is 14.3. The second kappa shape index (κ2) is 6.86. The quantitative estimate of drug-likeness (QED) is 0.844. The zero-order chi connectivity index (χ0) is 14.4. The van der Waals surface area contributed by atoms with E-state index in [4.69, 9.17) is 5.73 Å². The van der Waals surface area contributed by atoms with Crippen LogP contribution in [0.15, 0.2) is 43.0 Å². The van der Waals surface area contributed by atoms with E-state index in [1.54, 1.807) is 12.5 Å². The molecule has 0 aliphatic heterocycles. The number of anilines is 1. The number of benzene rings is 1. The van der Waals surface area contributed by atoms with Gasteiger partial charge in [0.15, 0.2) is 0 Å². The number of carbonyl (C=O) groups excluding carboxylic acids is 1. The molecule has 1 aromatic carbocycles. The van der Waals surface area contributed by atoms with E-state index in [1.165, 1.54) is 0 Å². The van der Waals surface area contributed by atoms with E-state index in [9.17, 15) is 4.79 Å². The van der Waals surface area contributed by atoms with Crippen LogP contribution in [0.3, 0.4) is 0 Å². The van der Waals surface area contributed by atoms with Crippen molar-refractivity contribution in [1.29, 1.82) is 0 Å². The van der Waals surface area contributed by atoms with Crippen LogP contribution in [-0.2, 0) is 11.3 Å². The monoisotopic (exact) mass is 272 g/mol. The summed E-state index contributed by atoms with van der Waals surface area (Å²) >= 11 is 0. The Morgan fingerprint density at radius 1 is 1.50 bits per heavy atom. The van der Waals surface area contributed by atoms with Crippen molar-refractivity contribution < 1.29 is 4.79 Å². The SMILES string of the molecule is CCC[C@H](N)C(=O)Nc1cccc(Cn2ccnc2)c1. The fourth-order valence-corrected chi connectivity index (χ4v) is 2.02. The fraction of sp³-hybridized carbons (Fsp3) is 0.333. The molecule has 1 heterocycles. The Morgan fingerprint density at radius 3 is 3.05 bits per heavy atom. The number of amides is 1. The molecule has 0 saturated heterocycles. The van der Waals surface area contributed by atoms with Gasteiger partial charge in [-0.3, -0.25) is 4.79 Å². The lowest BCUT2D eigenvalue weighted by Gasteiger charge is -2.12. The minimum absolute atomic E-state index is 0.133. The fourth-order valence-electron chi connectivity index (χ4n) is 2.02. The molecule has 20 heavy (non-hydrogen) atoms. The molecular formula is C15H20N4O. The summed E-state index contributed by atoms with van der Waals surface area (Å²) in [4.78, 5) is 15.9. The Hall–Kier alpha value is -2.14. The number of aromatic nitrogens is 2. The maximum absolute atomic E-state index is 11.9. The summed E-state index contributed by atoms with van der Waals surface area (Å²) in [6, 6.07) is 7.32. The Morgan fingerprint density at radius 2 is 2.35 bits per heavy atom. The number of hydrogen-bond donors (Lipinski definition) is 2. The maximum atomic E-state index is 11.9. The van der Waals surface area contributed by atoms with Gasteiger partial charge >= 0.3 is 0 Å². The highest BCUT2D eigenvalue weighted by Gasteiger charge is 2.12. The molecule has 0 spiro atoms. The predicted molar refractivity (Wildman–Crippen MR) is 79.3 cm³/mol. The summed E-state index contributed by atoms with van der Waals surface area (Å²) in [7, 11) is 0. The van der Waals surface area contributed by atoms with Crippen molar-refractivity contribution >= 4 is 11.6 Å². The average Bonchev–Trinajstić information content (AvgIpc) is 2.92. The highest BCUT2D eigenvalue weighted by atomic mass is 16.2. The lowest BCUT2D eigenvalue weighted by Crippen LogP contribution is -2.35. The third-order valence-electron chi connectivity index (χ3n) is 3.06. The predicted octanol–water partition coefficient (Wildman–Crippen LogP) is 2.00. The minimum atomic E-state index is -0.447. The second-order valence-corrected chi connectivity index (χ2v) is 4.82. The molecule has 0 aliphatic rings. The maximum Gasteiger partial charge on any atom is 0.241 e. The van der Waals surface area contributed by atoms with Crippen molar-refractivity contribution in [3.8, 4) is 0 Å². The topological polar surface area (TPSA) is 72.9 Å². The number of rotatable bonds is 6. The van der Waals surface area contributed by atoms with Gasteiger partial charge in [-0.05, 0) is 24.1 Å². The van der Waals surface area contributed by atoms with Crippen LogP contribution in [0, 0.1) is 0 Å². The molecule has 2 aromatic rings. The summed E-state index contributed by atoms with van der Waals surface area (Å²) < 4.78 is 1.98. The Bertz CT molecular complexity index is 551. The van der Waals surface area contributed by atoms with E-state index in [0.717, 1.165) is 24.2 Å². The van der Waals surface area contributed by atoms with Crippen LogP contribution in [0.5, 0.6) is 0 Å². The van der Waals surface area contributed by atoms with Gasteiger partial charge in [-0.1, -0.05) is 25.5 Å². The van der Waals surface area contributed by atoms with Crippen LogP contribution in [0.4, 0.5) is 5.69 Å². The molecule has 2 rings (SSSR count). The molecule has 1 aromatic heterocycles. The molecule has 3 N–H and O–H groups in total. The Balaban J connectivity index is 2.00. The highest BCUT2D eigenvalue weighted by molar-refractivity contribution is 5.94. The van der Waals surface area contributed by atoms with Gasteiger partial charge in [-0.15, -0.1) is 0 Å².